The molecule has 1 aliphatic heterocycles. The second-order valence-electron chi connectivity index (χ2n) is 8.48. The Hall–Kier alpha value is -1.49. The number of hydrogen-bond donors (Lipinski definition) is 5. The van der Waals surface area contributed by atoms with Crippen LogP contribution < -0.4 is 15.4 Å². The summed E-state index contributed by atoms with van der Waals surface area (Å²) in [6.45, 7) is 1.14. The van der Waals surface area contributed by atoms with E-state index in [0.717, 1.165) is 0 Å². The summed E-state index contributed by atoms with van der Waals surface area (Å²) in [6, 6.07) is 3.29. The number of oxime groups is 1. The lowest BCUT2D eigenvalue weighted by atomic mass is 9.87. The van der Waals surface area contributed by atoms with Crippen LogP contribution in [0.2, 0.25) is 0 Å². The van der Waals surface area contributed by atoms with Crippen LogP contribution in [0.1, 0.15) is 25.0 Å². The molecule has 0 fully saturated rings. The first-order valence-corrected chi connectivity index (χ1v) is 14.3. The van der Waals surface area contributed by atoms with Gasteiger partial charge >= 0.3 is 0 Å². The number of carbonyl (C=O) groups excluding carboxylic acids is 2. The maximum atomic E-state index is 12.6. The van der Waals surface area contributed by atoms with Gasteiger partial charge in [-0.1, -0.05) is 5.16 Å². The van der Waals surface area contributed by atoms with Gasteiger partial charge in [-0.05, 0) is 87.5 Å². The number of amides is 2. The second kappa shape index (κ2) is 13.2. The van der Waals surface area contributed by atoms with Gasteiger partial charge in [0.1, 0.15) is 36.0 Å². The maximum Gasteiger partial charge on any atom is 0.269 e. The predicted molar refractivity (Wildman–Crippen MR) is 152 cm³/mol. The van der Waals surface area contributed by atoms with Crippen LogP contribution >= 0.6 is 63.7 Å². The molecule has 2 aliphatic rings. The highest BCUT2D eigenvalue weighted by Crippen LogP contribution is 2.44. The molecule has 0 saturated heterocycles. The summed E-state index contributed by atoms with van der Waals surface area (Å²) in [5.41, 5.74) is -0.691. The molecule has 1 unspecified atom stereocenters. The summed E-state index contributed by atoms with van der Waals surface area (Å²) in [7, 11) is 1.46. The van der Waals surface area contributed by atoms with Gasteiger partial charge in [0.25, 0.3) is 5.91 Å². The Kier molecular flexibility index (Phi) is 10.8. The van der Waals surface area contributed by atoms with Crippen molar-refractivity contribution in [2.45, 2.75) is 37.3 Å². The van der Waals surface area contributed by atoms with Gasteiger partial charge < -0.3 is 40.3 Å². The van der Waals surface area contributed by atoms with E-state index in [2.05, 4.69) is 79.5 Å². The van der Waals surface area contributed by atoms with Gasteiger partial charge in [0.05, 0.1) is 31.1 Å². The van der Waals surface area contributed by atoms with E-state index in [9.17, 15) is 24.9 Å². The molecule has 4 atom stereocenters. The van der Waals surface area contributed by atoms with E-state index in [1.807, 2.05) is 0 Å². The predicted octanol–water partition coefficient (Wildman–Crippen LogP) is 2.66. The van der Waals surface area contributed by atoms with E-state index in [1.54, 1.807) is 18.2 Å². The topological polar surface area (TPSA) is 159 Å². The van der Waals surface area contributed by atoms with Crippen molar-refractivity contribution < 1.29 is 39.2 Å². The van der Waals surface area contributed by atoms with Gasteiger partial charge in [-0.3, -0.25) is 9.59 Å². The fourth-order valence-electron chi connectivity index (χ4n) is 3.64. The number of hydrogen-bond acceptors (Lipinski definition) is 9. The third kappa shape index (κ3) is 7.17. The first-order valence-electron chi connectivity index (χ1n) is 11.1. The highest BCUT2D eigenvalue weighted by Gasteiger charge is 2.50. The van der Waals surface area contributed by atoms with E-state index in [1.165, 1.54) is 14.0 Å². The molecule has 1 aromatic rings. The molecular weight excluding hydrogens is 766 g/mol. The lowest BCUT2D eigenvalue weighted by Crippen LogP contribution is -2.45. The van der Waals surface area contributed by atoms with Crippen molar-refractivity contribution in [1.82, 2.24) is 10.6 Å². The molecule has 5 N–H and O–H groups in total. The molecule has 2 amide bonds. The van der Waals surface area contributed by atoms with Crippen LogP contribution in [-0.2, 0) is 19.2 Å². The lowest BCUT2D eigenvalue weighted by Gasteiger charge is -2.33. The number of carbonyl (C=O) groups is 2. The summed E-state index contributed by atoms with van der Waals surface area (Å²) in [6.07, 6.45) is -1.55. The number of halogens is 4. The first-order chi connectivity index (χ1) is 17.9. The van der Waals surface area contributed by atoms with Crippen molar-refractivity contribution in [3.63, 3.8) is 0 Å². The van der Waals surface area contributed by atoms with Gasteiger partial charge in [0.15, 0.2) is 5.60 Å². The van der Waals surface area contributed by atoms with Crippen molar-refractivity contribution in [2.24, 2.45) is 5.16 Å². The van der Waals surface area contributed by atoms with Crippen LogP contribution in [-0.4, -0.2) is 77.5 Å². The Morgan fingerprint density at radius 1 is 1.18 bits per heavy atom. The minimum absolute atomic E-state index is 0.00613. The van der Waals surface area contributed by atoms with Crippen LogP contribution in [0.25, 0.3) is 0 Å². The quantitative estimate of drug-likeness (QED) is 0.242. The standard InChI is InChI=1S/C23H25Br4N3O8/c1-10(31)28-8-17(33)11-3-13(24)19(14(25)4-11)37-9-12(32)7-29-22(35)16-6-23(38-30-16)5-15(26)20(36-2)18(27)21(23)34/h3-5,12,17,21,32-34H,6-9H2,1-2H3,(H,28,31)(H,29,35)/t12-,17?,21+,23-/m0/s1. The number of benzene rings is 1. The van der Waals surface area contributed by atoms with E-state index < -0.39 is 29.8 Å². The maximum absolute atomic E-state index is 12.6. The van der Waals surface area contributed by atoms with Crippen LogP contribution in [0, 0.1) is 0 Å². The number of rotatable bonds is 10. The molecule has 0 bridgehead atoms. The Morgan fingerprint density at radius 2 is 1.84 bits per heavy atom. The number of methoxy groups -OCH3 is 1. The van der Waals surface area contributed by atoms with E-state index >= 15 is 0 Å². The number of aliphatic hydroxyl groups is 3. The van der Waals surface area contributed by atoms with Crippen LogP contribution in [0.5, 0.6) is 5.75 Å². The molecule has 0 saturated carbocycles. The largest absolute Gasteiger partial charge is 0.495 e. The van der Waals surface area contributed by atoms with Crippen molar-refractivity contribution in [3.8, 4) is 5.75 Å². The van der Waals surface area contributed by atoms with Crippen LogP contribution in [0.4, 0.5) is 0 Å². The third-order valence-electron chi connectivity index (χ3n) is 5.61. The smallest absolute Gasteiger partial charge is 0.269 e. The molecule has 0 aromatic heterocycles. The zero-order chi connectivity index (χ0) is 28.2. The second-order valence-corrected chi connectivity index (χ2v) is 11.9. The SMILES string of the molecule is COC1=C(Br)[C@@H](O)[C@]2(C=C1Br)CC(C(=O)NC[C@H](O)COc1c(Br)cc(C(O)CNC(C)=O)cc1Br)=NO2. The molecule has 38 heavy (non-hydrogen) atoms. The number of aliphatic hydroxyl groups excluding tert-OH is 3. The lowest BCUT2D eigenvalue weighted by molar-refractivity contribution is -0.119. The Labute approximate surface area is 252 Å². The summed E-state index contributed by atoms with van der Waals surface area (Å²) < 4.78 is 12.9. The van der Waals surface area contributed by atoms with E-state index in [4.69, 9.17) is 14.3 Å². The summed E-state index contributed by atoms with van der Waals surface area (Å²) in [4.78, 5) is 29.2. The van der Waals surface area contributed by atoms with Gasteiger partial charge in [-0.2, -0.15) is 0 Å². The van der Waals surface area contributed by atoms with Gasteiger partial charge in [-0.25, -0.2) is 0 Å². The monoisotopic (exact) mass is 787 g/mol. The highest BCUT2D eigenvalue weighted by molar-refractivity contribution is 9.12. The summed E-state index contributed by atoms with van der Waals surface area (Å²) in [5, 5.41) is 40.3. The molecule has 1 aliphatic carbocycles. The van der Waals surface area contributed by atoms with Gasteiger partial charge in [0.2, 0.25) is 5.91 Å². The summed E-state index contributed by atoms with van der Waals surface area (Å²) >= 11 is 13.4. The zero-order valence-corrected chi connectivity index (χ0v) is 26.5. The fourth-order valence-corrected chi connectivity index (χ4v) is 6.88. The molecular formula is C23H25Br4N3O8. The molecule has 3 rings (SSSR count). The highest BCUT2D eigenvalue weighted by atomic mass is 79.9. The molecule has 208 valence electrons. The number of allylic oxidation sites excluding steroid dienone is 1. The molecule has 1 spiro atoms. The van der Waals surface area contributed by atoms with Gasteiger partial charge in [0, 0.05) is 26.4 Å². The average Bonchev–Trinajstić information content (AvgIpc) is 3.28. The van der Waals surface area contributed by atoms with Crippen LogP contribution in [0.3, 0.4) is 0 Å². The number of nitrogens with zero attached hydrogens (tertiary/aromatic N) is 1. The molecule has 0 radical (unpaired) electrons. The minimum atomic E-state index is -1.28. The Bertz CT molecular complexity index is 1170. The zero-order valence-electron chi connectivity index (χ0n) is 20.1. The summed E-state index contributed by atoms with van der Waals surface area (Å²) in [5.74, 6) is -0.0197. The Morgan fingerprint density at radius 3 is 2.45 bits per heavy atom. The number of ether oxygens (including phenoxy) is 2. The molecule has 1 aromatic carbocycles. The number of nitrogens with one attached hydrogen (secondary N) is 2. The minimum Gasteiger partial charge on any atom is -0.495 e. The average molecular weight is 791 g/mol. The molecule has 11 nitrogen and oxygen atoms in total. The van der Waals surface area contributed by atoms with Crippen molar-refractivity contribution in [1.29, 1.82) is 0 Å². The van der Waals surface area contributed by atoms with E-state index in [-0.39, 0.29) is 37.7 Å². The Balaban J connectivity index is 1.52. The van der Waals surface area contributed by atoms with Crippen molar-refractivity contribution >= 4 is 81.2 Å². The van der Waals surface area contributed by atoms with Crippen LogP contribution in [0.15, 0.2) is 47.0 Å². The van der Waals surface area contributed by atoms with Crippen molar-refractivity contribution in [3.05, 3.63) is 47.4 Å². The molecule has 15 heteroatoms. The molecule has 1 heterocycles. The third-order valence-corrected chi connectivity index (χ3v) is 8.17. The fraction of sp³-hybridized carbons (Fsp3) is 0.435. The normalized spacial score (nSPS) is 22.3. The van der Waals surface area contributed by atoms with Gasteiger partial charge in [-0.15, -0.1) is 0 Å². The van der Waals surface area contributed by atoms with Crippen molar-refractivity contribution in [2.75, 3.05) is 26.8 Å². The first kappa shape index (κ1) is 31.0. The van der Waals surface area contributed by atoms with E-state index in [0.29, 0.717) is 35.0 Å².